The molecule has 1 aliphatic rings. The van der Waals surface area contributed by atoms with Gasteiger partial charge < -0.3 is 20.5 Å². The van der Waals surface area contributed by atoms with Crippen molar-refractivity contribution < 1.29 is 9.47 Å². The predicted molar refractivity (Wildman–Crippen MR) is 69.2 cm³/mol. The van der Waals surface area contributed by atoms with E-state index >= 15 is 0 Å². The number of aromatic nitrogens is 2. The number of nitrogens with zero attached hydrogens (tertiary/aromatic N) is 2. The smallest absolute Gasteiger partial charge is 0.158 e. The van der Waals surface area contributed by atoms with Gasteiger partial charge in [0.25, 0.3) is 0 Å². The van der Waals surface area contributed by atoms with Crippen molar-refractivity contribution in [1.29, 1.82) is 0 Å². The number of rotatable bonds is 6. The Morgan fingerprint density at radius 3 is 3.17 bits per heavy atom. The Kier molecular flexibility index (Phi) is 4.72. The first kappa shape index (κ1) is 13.0. The Morgan fingerprint density at radius 2 is 2.44 bits per heavy atom. The molecule has 0 aliphatic carbocycles. The summed E-state index contributed by atoms with van der Waals surface area (Å²) < 4.78 is 10.6. The third-order valence-electron chi connectivity index (χ3n) is 2.82. The minimum atomic E-state index is 0.392. The van der Waals surface area contributed by atoms with Crippen LogP contribution in [0.25, 0.3) is 0 Å². The molecule has 1 aromatic heterocycles. The first-order valence-corrected chi connectivity index (χ1v) is 6.30. The van der Waals surface area contributed by atoms with Crippen molar-refractivity contribution in [1.82, 2.24) is 9.97 Å². The lowest BCUT2D eigenvalue weighted by atomic mass is 10.1. The number of hydrogen-bond acceptors (Lipinski definition) is 6. The van der Waals surface area contributed by atoms with Crippen molar-refractivity contribution >= 4 is 11.6 Å². The number of nitrogens with one attached hydrogen (secondary N) is 1. The van der Waals surface area contributed by atoms with Crippen molar-refractivity contribution in [3.05, 3.63) is 11.9 Å². The van der Waals surface area contributed by atoms with Gasteiger partial charge in [0.15, 0.2) is 5.82 Å². The number of anilines is 2. The van der Waals surface area contributed by atoms with Gasteiger partial charge in [-0.3, -0.25) is 0 Å². The number of hydrogen-bond donors (Lipinski definition) is 2. The molecule has 0 spiro atoms. The van der Waals surface area contributed by atoms with Gasteiger partial charge in [0, 0.05) is 31.7 Å². The van der Waals surface area contributed by atoms with Crippen LogP contribution in [0.5, 0.6) is 0 Å². The van der Waals surface area contributed by atoms with Crippen molar-refractivity contribution in [2.45, 2.75) is 20.0 Å². The molecule has 0 saturated carbocycles. The molecule has 1 atom stereocenters. The van der Waals surface area contributed by atoms with Crippen LogP contribution in [-0.4, -0.2) is 36.3 Å². The van der Waals surface area contributed by atoms with E-state index < -0.39 is 0 Å². The molecule has 2 heterocycles. The van der Waals surface area contributed by atoms with E-state index in [9.17, 15) is 0 Å². The molecule has 0 radical (unpaired) electrons. The highest BCUT2D eigenvalue weighted by Crippen LogP contribution is 2.14. The van der Waals surface area contributed by atoms with Crippen LogP contribution in [0.4, 0.5) is 11.6 Å². The van der Waals surface area contributed by atoms with Gasteiger partial charge in [-0.05, 0) is 13.3 Å². The maximum Gasteiger partial charge on any atom is 0.158 e. The van der Waals surface area contributed by atoms with Crippen LogP contribution >= 0.6 is 0 Å². The van der Waals surface area contributed by atoms with Gasteiger partial charge in [0.2, 0.25) is 0 Å². The SMILES string of the molecule is CCOCc1nc(N)cc(NCC2CCOC2)n1. The molecular weight excluding hydrogens is 232 g/mol. The fourth-order valence-electron chi connectivity index (χ4n) is 1.86. The summed E-state index contributed by atoms with van der Waals surface area (Å²) in [5, 5.41) is 3.28. The minimum Gasteiger partial charge on any atom is -0.384 e. The van der Waals surface area contributed by atoms with Gasteiger partial charge in [-0.25, -0.2) is 9.97 Å². The zero-order valence-corrected chi connectivity index (χ0v) is 10.7. The van der Waals surface area contributed by atoms with Crippen molar-refractivity contribution in [3.8, 4) is 0 Å². The van der Waals surface area contributed by atoms with E-state index in [1.54, 1.807) is 6.07 Å². The maximum atomic E-state index is 5.74. The summed E-state index contributed by atoms with van der Waals surface area (Å²) in [6, 6.07) is 1.74. The molecule has 0 bridgehead atoms. The second kappa shape index (κ2) is 6.51. The van der Waals surface area contributed by atoms with Gasteiger partial charge in [-0.1, -0.05) is 0 Å². The van der Waals surface area contributed by atoms with Gasteiger partial charge >= 0.3 is 0 Å². The van der Waals surface area contributed by atoms with Crippen LogP contribution < -0.4 is 11.1 Å². The van der Waals surface area contributed by atoms with E-state index in [4.69, 9.17) is 15.2 Å². The third-order valence-corrected chi connectivity index (χ3v) is 2.82. The monoisotopic (exact) mass is 252 g/mol. The highest BCUT2D eigenvalue weighted by molar-refractivity contribution is 5.44. The van der Waals surface area contributed by atoms with Crippen LogP contribution in [0.3, 0.4) is 0 Å². The fraction of sp³-hybridized carbons (Fsp3) is 0.667. The number of nitrogens with two attached hydrogens (primary N) is 1. The molecule has 1 unspecified atom stereocenters. The van der Waals surface area contributed by atoms with Gasteiger partial charge in [0.1, 0.15) is 18.2 Å². The fourth-order valence-corrected chi connectivity index (χ4v) is 1.86. The molecule has 1 aliphatic heterocycles. The molecule has 1 fully saturated rings. The van der Waals surface area contributed by atoms with Gasteiger partial charge in [-0.15, -0.1) is 0 Å². The third kappa shape index (κ3) is 3.82. The maximum absolute atomic E-state index is 5.74. The Balaban J connectivity index is 1.91. The standard InChI is InChI=1S/C12H20N4O2/c1-2-17-8-12-15-10(13)5-11(16-12)14-6-9-3-4-18-7-9/h5,9H,2-4,6-8H2,1H3,(H3,13,14,15,16). The zero-order valence-electron chi connectivity index (χ0n) is 10.7. The molecule has 3 N–H and O–H groups in total. The average molecular weight is 252 g/mol. The summed E-state index contributed by atoms with van der Waals surface area (Å²) in [5.41, 5.74) is 5.74. The highest BCUT2D eigenvalue weighted by atomic mass is 16.5. The van der Waals surface area contributed by atoms with Crippen molar-refractivity contribution in [2.24, 2.45) is 5.92 Å². The van der Waals surface area contributed by atoms with Gasteiger partial charge in [0.05, 0.1) is 6.61 Å². The lowest BCUT2D eigenvalue weighted by Crippen LogP contribution is -2.16. The summed E-state index contributed by atoms with van der Waals surface area (Å²) in [6.45, 7) is 5.49. The Morgan fingerprint density at radius 1 is 1.56 bits per heavy atom. The minimum absolute atomic E-state index is 0.392. The van der Waals surface area contributed by atoms with Crippen molar-refractivity contribution in [2.75, 3.05) is 37.4 Å². The number of ether oxygens (including phenoxy) is 2. The summed E-state index contributed by atoms with van der Waals surface area (Å²) in [4.78, 5) is 8.49. The highest BCUT2D eigenvalue weighted by Gasteiger charge is 2.15. The quantitative estimate of drug-likeness (QED) is 0.787. The molecule has 18 heavy (non-hydrogen) atoms. The molecule has 1 aromatic rings. The van der Waals surface area contributed by atoms with Crippen LogP contribution in [-0.2, 0) is 16.1 Å². The van der Waals surface area contributed by atoms with Crippen LogP contribution in [0.1, 0.15) is 19.2 Å². The van der Waals surface area contributed by atoms with E-state index in [1.165, 1.54) is 0 Å². The van der Waals surface area contributed by atoms with E-state index in [1.807, 2.05) is 6.92 Å². The lowest BCUT2D eigenvalue weighted by molar-refractivity contribution is 0.128. The average Bonchev–Trinajstić information content (AvgIpc) is 2.86. The van der Waals surface area contributed by atoms with E-state index in [0.29, 0.717) is 30.8 Å². The molecule has 6 heteroatoms. The molecule has 0 aromatic carbocycles. The summed E-state index contributed by atoms with van der Waals surface area (Å²) in [5.74, 6) is 2.38. The second-order valence-electron chi connectivity index (χ2n) is 4.34. The van der Waals surface area contributed by atoms with Crippen LogP contribution in [0.15, 0.2) is 6.07 Å². The molecule has 0 amide bonds. The Labute approximate surface area is 107 Å². The lowest BCUT2D eigenvalue weighted by Gasteiger charge is -2.11. The summed E-state index contributed by atoms with van der Waals surface area (Å²) in [6.07, 6.45) is 1.10. The first-order valence-electron chi connectivity index (χ1n) is 6.30. The Hall–Kier alpha value is -1.40. The topological polar surface area (TPSA) is 82.3 Å². The zero-order chi connectivity index (χ0) is 12.8. The van der Waals surface area contributed by atoms with Gasteiger partial charge in [-0.2, -0.15) is 0 Å². The Bertz CT molecular complexity index is 380. The summed E-state index contributed by atoms with van der Waals surface area (Å²) in [7, 11) is 0. The largest absolute Gasteiger partial charge is 0.384 e. The summed E-state index contributed by atoms with van der Waals surface area (Å²) >= 11 is 0. The molecule has 6 nitrogen and oxygen atoms in total. The normalized spacial score (nSPS) is 19.1. The van der Waals surface area contributed by atoms with Crippen molar-refractivity contribution in [3.63, 3.8) is 0 Å². The first-order chi connectivity index (χ1) is 8.78. The molecular formula is C12H20N4O2. The molecule has 100 valence electrons. The second-order valence-corrected chi connectivity index (χ2v) is 4.34. The predicted octanol–water partition coefficient (Wildman–Crippen LogP) is 1.04. The van der Waals surface area contributed by atoms with Crippen LogP contribution in [0.2, 0.25) is 0 Å². The van der Waals surface area contributed by atoms with E-state index in [0.717, 1.165) is 32.0 Å². The molecule has 2 rings (SSSR count). The van der Waals surface area contributed by atoms with E-state index in [2.05, 4.69) is 15.3 Å². The van der Waals surface area contributed by atoms with E-state index in [-0.39, 0.29) is 0 Å². The number of nitrogen functional groups attached to an aromatic ring is 1. The van der Waals surface area contributed by atoms with Crippen LogP contribution in [0, 0.1) is 5.92 Å². The molecule has 1 saturated heterocycles.